The second kappa shape index (κ2) is 9.14. The summed E-state index contributed by atoms with van der Waals surface area (Å²) in [6.07, 6.45) is 0. The molecule has 0 amide bonds. The first-order chi connectivity index (χ1) is 12.0. The van der Waals surface area contributed by atoms with Crippen LogP contribution in [0.2, 0.25) is 0 Å². The van der Waals surface area contributed by atoms with Gasteiger partial charge in [-0.2, -0.15) is 4.98 Å². The lowest BCUT2D eigenvalue weighted by Crippen LogP contribution is -2.12. The second-order valence-corrected chi connectivity index (χ2v) is 5.63. The fraction of sp³-hybridized carbons (Fsp3) is 0.333. The van der Waals surface area contributed by atoms with Crippen LogP contribution in [0.4, 0.5) is 4.39 Å². The number of nitrogens with zero attached hydrogens (tertiary/aromatic N) is 3. The number of hydrogen-bond acceptors (Lipinski definition) is 8. The van der Waals surface area contributed by atoms with Gasteiger partial charge in [-0.25, -0.2) is 13.9 Å². The van der Waals surface area contributed by atoms with Crippen LogP contribution < -0.4 is 0 Å². The first-order valence-corrected chi connectivity index (χ1v) is 7.99. The molecule has 0 saturated heterocycles. The minimum atomic E-state index is -0.714. The summed E-state index contributed by atoms with van der Waals surface area (Å²) in [5.41, 5.74) is 0. The van der Waals surface area contributed by atoms with Gasteiger partial charge >= 0.3 is 11.9 Å². The predicted octanol–water partition coefficient (Wildman–Crippen LogP) is 1.89. The molecule has 8 nitrogen and oxygen atoms in total. The average Bonchev–Trinajstić information content (AvgIpc) is 2.98. The molecule has 1 aromatic heterocycles. The summed E-state index contributed by atoms with van der Waals surface area (Å²) >= 11 is 0.999. The Morgan fingerprint density at radius 2 is 2.04 bits per heavy atom. The van der Waals surface area contributed by atoms with Gasteiger partial charge < -0.3 is 14.2 Å². The number of carbonyl (C=O) groups excluding carboxylic acids is 2. The monoisotopic (exact) mass is 369 g/mol. The molecule has 2 aromatic rings. The molecule has 1 heterocycles. The summed E-state index contributed by atoms with van der Waals surface area (Å²) in [5.74, 6) is -1.70. The largest absolute Gasteiger partial charge is 0.463 e. The number of carbonyl (C=O) groups is 2. The summed E-state index contributed by atoms with van der Waals surface area (Å²) in [4.78, 5) is 26.7. The van der Waals surface area contributed by atoms with Gasteiger partial charge in [0.05, 0.1) is 18.6 Å². The molecule has 0 spiro atoms. The minimum Gasteiger partial charge on any atom is -0.463 e. The molecule has 0 saturated carbocycles. The molecule has 0 aliphatic heterocycles. The minimum absolute atomic E-state index is 0.0535. The molecule has 0 bridgehead atoms. The third kappa shape index (κ3) is 5.54. The SMILES string of the molecule is COC(=O)c1nc(Sc2ccccc2F)n(COCCOC(C)=O)n1. The van der Waals surface area contributed by atoms with E-state index in [9.17, 15) is 14.0 Å². The maximum Gasteiger partial charge on any atom is 0.377 e. The van der Waals surface area contributed by atoms with Gasteiger partial charge in [0.25, 0.3) is 5.82 Å². The number of halogens is 1. The lowest BCUT2D eigenvalue weighted by molar-refractivity contribution is -0.143. The van der Waals surface area contributed by atoms with Crippen molar-refractivity contribution in [3.8, 4) is 0 Å². The molecule has 0 N–H and O–H groups in total. The summed E-state index contributed by atoms with van der Waals surface area (Å²) in [6.45, 7) is 1.46. The van der Waals surface area contributed by atoms with Gasteiger partial charge in [-0.15, -0.1) is 5.10 Å². The van der Waals surface area contributed by atoms with E-state index < -0.39 is 17.8 Å². The molecule has 0 unspecified atom stereocenters. The van der Waals surface area contributed by atoms with Crippen LogP contribution in [-0.2, 0) is 25.7 Å². The van der Waals surface area contributed by atoms with Crippen molar-refractivity contribution in [2.75, 3.05) is 20.3 Å². The van der Waals surface area contributed by atoms with Gasteiger partial charge in [-0.05, 0) is 23.9 Å². The highest BCUT2D eigenvalue weighted by Gasteiger charge is 2.18. The molecule has 2 rings (SSSR count). The van der Waals surface area contributed by atoms with Crippen molar-refractivity contribution in [1.82, 2.24) is 14.8 Å². The van der Waals surface area contributed by atoms with Crippen LogP contribution in [0.25, 0.3) is 0 Å². The van der Waals surface area contributed by atoms with Crippen LogP contribution in [0.3, 0.4) is 0 Å². The van der Waals surface area contributed by atoms with E-state index in [2.05, 4.69) is 14.8 Å². The van der Waals surface area contributed by atoms with Crippen LogP contribution in [-0.4, -0.2) is 47.0 Å². The van der Waals surface area contributed by atoms with Gasteiger partial charge in [0.15, 0.2) is 5.16 Å². The normalized spacial score (nSPS) is 10.5. The molecule has 0 aliphatic carbocycles. The van der Waals surface area contributed by atoms with Crippen LogP contribution in [0.5, 0.6) is 0 Å². The zero-order valence-corrected chi connectivity index (χ0v) is 14.4. The highest BCUT2D eigenvalue weighted by atomic mass is 32.2. The van der Waals surface area contributed by atoms with Crippen molar-refractivity contribution < 1.29 is 28.2 Å². The standard InChI is InChI=1S/C15H16FN3O5S/c1-10(20)24-8-7-23-9-19-15(17-13(18-19)14(21)22-2)25-12-6-4-3-5-11(12)16/h3-6H,7-9H2,1-2H3. The number of aromatic nitrogens is 3. The number of methoxy groups -OCH3 is 1. The predicted molar refractivity (Wildman–Crippen MR) is 84.5 cm³/mol. The first kappa shape index (κ1) is 18.9. The summed E-state index contributed by atoms with van der Waals surface area (Å²) in [6, 6.07) is 6.16. The Labute approximate surface area is 147 Å². The highest BCUT2D eigenvalue weighted by Crippen LogP contribution is 2.28. The summed E-state index contributed by atoms with van der Waals surface area (Å²) in [5, 5.41) is 4.26. The molecule has 0 fully saturated rings. The molecule has 10 heteroatoms. The van der Waals surface area contributed by atoms with Crippen LogP contribution in [0, 0.1) is 5.82 Å². The van der Waals surface area contributed by atoms with Crippen molar-refractivity contribution in [2.45, 2.75) is 23.7 Å². The zero-order chi connectivity index (χ0) is 18.2. The van der Waals surface area contributed by atoms with Gasteiger partial charge in [-0.3, -0.25) is 4.79 Å². The molecule has 1 aromatic carbocycles. The van der Waals surface area contributed by atoms with E-state index in [-0.39, 0.29) is 30.9 Å². The number of benzene rings is 1. The molecule has 0 aliphatic rings. The quantitative estimate of drug-likeness (QED) is 0.514. The Bertz CT molecular complexity index is 753. The van der Waals surface area contributed by atoms with Gasteiger partial charge in [0.1, 0.15) is 19.2 Å². The van der Waals surface area contributed by atoms with Crippen molar-refractivity contribution in [1.29, 1.82) is 0 Å². The molecular formula is C15H16FN3O5S. The third-order valence-electron chi connectivity index (χ3n) is 2.79. The fourth-order valence-corrected chi connectivity index (χ4v) is 2.53. The van der Waals surface area contributed by atoms with E-state index in [1.165, 1.54) is 24.8 Å². The van der Waals surface area contributed by atoms with Crippen molar-refractivity contribution in [3.05, 3.63) is 35.9 Å². The Morgan fingerprint density at radius 3 is 2.72 bits per heavy atom. The first-order valence-electron chi connectivity index (χ1n) is 7.18. The number of hydrogen-bond donors (Lipinski definition) is 0. The topological polar surface area (TPSA) is 92.5 Å². The van der Waals surface area contributed by atoms with Crippen LogP contribution in [0.1, 0.15) is 17.5 Å². The van der Waals surface area contributed by atoms with E-state index in [1.54, 1.807) is 18.2 Å². The Hall–Kier alpha value is -2.46. The molecule has 134 valence electrons. The van der Waals surface area contributed by atoms with E-state index in [4.69, 9.17) is 9.47 Å². The smallest absolute Gasteiger partial charge is 0.377 e. The Morgan fingerprint density at radius 1 is 1.28 bits per heavy atom. The van der Waals surface area contributed by atoms with Crippen molar-refractivity contribution in [2.24, 2.45) is 0 Å². The highest BCUT2D eigenvalue weighted by molar-refractivity contribution is 7.99. The van der Waals surface area contributed by atoms with Gasteiger partial charge in [0.2, 0.25) is 0 Å². The Kier molecular flexibility index (Phi) is 6.90. The maximum atomic E-state index is 13.8. The van der Waals surface area contributed by atoms with Gasteiger partial charge in [-0.1, -0.05) is 12.1 Å². The van der Waals surface area contributed by atoms with Crippen molar-refractivity contribution >= 4 is 23.7 Å². The van der Waals surface area contributed by atoms with E-state index in [0.29, 0.717) is 4.90 Å². The van der Waals surface area contributed by atoms with Crippen LogP contribution >= 0.6 is 11.8 Å². The molecular weight excluding hydrogens is 353 g/mol. The lowest BCUT2D eigenvalue weighted by atomic mass is 10.4. The van der Waals surface area contributed by atoms with E-state index in [0.717, 1.165) is 11.8 Å². The molecule has 0 atom stereocenters. The lowest BCUT2D eigenvalue weighted by Gasteiger charge is -2.07. The number of esters is 2. The fourth-order valence-electron chi connectivity index (χ4n) is 1.69. The van der Waals surface area contributed by atoms with Gasteiger partial charge in [0, 0.05) is 6.92 Å². The molecule has 25 heavy (non-hydrogen) atoms. The summed E-state index contributed by atoms with van der Waals surface area (Å²) < 4.78 is 29.8. The van der Waals surface area contributed by atoms with E-state index >= 15 is 0 Å². The summed E-state index contributed by atoms with van der Waals surface area (Å²) in [7, 11) is 1.21. The second-order valence-electron chi connectivity index (χ2n) is 4.62. The third-order valence-corrected chi connectivity index (χ3v) is 3.83. The van der Waals surface area contributed by atoms with E-state index in [1.807, 2.05) is 0 Å². The Balaban J connectivity index is 2.10. The number of ether oxygens (including phenoxy) is 3. The van der Waals surface area contributed by atoms with Crippen LogP contribution in [0.15, 0.2) is 34.3 Å². The zero-order valence-electron chi connectivity index (χ0n) is 13.6. The van der Waals surface area contributed by atoms with Crippen molar-refractivity contribution in [3.63, 3.8) is 0 Å². The molecule has 0 radical (unpaired) electrons. The average molecular weight is 369 g/mol. The number of rotatable bonds is 8. The maximum absolute atomic E-state index is 13.8.